The SMILES string of the molecule is C=C/C=C\C(C)/C=C\C(=C/Cc1cc(-c2ccc3c(c2)C(C)(C)C2=C3C3=C(CC2)C2=C(C=CCC2)CC3C)cc(C)c1N/C=C/C)c1ccc(-c2ccccc2)cc1. The lowest BCUT2D eigenvalue weighted by Gasteiger charge is -2.37. The van der Waals surface area contributed by atoms with Crippen LogP contribution in [-0.2, 0) is 11.8 Å². The summed E-state index contributed by atoms with van der Waals surface area (Å²) < 4.78 is 0. The van der Waals surface area contributed by atoms with Crippen LogP contribution >= 0.6 is 0 Å². The Bertz CT molecular complexity index is 2480. The molecule has 0 heterocycles. The topological polar surface area (TPSA) is 12.0 Å². The van der Waals surface area contributed by atoms with Gasteiger partial charge in [0, 0.05) is 11.1 Å². The summed E-state index contributed by atoms with van der Waals surface area (Å²) in [6, 6.07) is 31.8. The first kappa shape index (κ1) is 39.2. The van der Waals surface area contributed by atoms with Gasteiger partial charge in [-0.25, -0.2) is 0 Å². The van der Waals surface area contributed by atoms with E-state index in [-0.39, 0.29) is 11.3 Å². The Morgan fingerprint density at radius 3 is 2.43 bits per heavy atom. The summed E-state index contributed by atoms with van der Waals surface area (Å²) in [7, 11) is 0. The summed E-state index contributed by atoms with van der Waals surface area (Å²) in [4.78, 5) is 0. The molecular formula is C57H59N. The number of aryl methyl sites for hydroxylation is 1. The number of fused-ring (bicyclic) bond motifs is 4. The van der Waals surface area contributed by atoms with Crippen molar-refractivity contribution >= 4 is 16.8 Å². The van der Waals surface area contributed by atoms with Crippen molar-refractivity contribution < 1.29 is 0 Å². The lowest BCUT2D eigenvalue weighted by atomic mass is 9.67. The van der Waals surface area contributed by atoms with Crippen LogP contribution in [0.15, 0.2) is 180 Å². The van der Waals surface area contributed by atoms with Gasteiger partial charge in [-0.3, -0.25) is 0 Å². The smallest absolute Gasteiger partial charge is 0.0445 e. The Morgan fingerprint density at radius 2 is 1.66 bits per heavy atom. The largest absolute Gasteiger partial charge is 0.362 e. The molecule has 0 aromatic heterocycles. The Hall–Kier alpha value is -5.66. The number of allylic oxidation sites excluding steroid dienone is 16. The number of anilines is 1. The molecule has 8 rings (SSSR count). The van der Waals surface area contributed by atoms with Crippen molar-refractivity contribution in [2.45, 2.75) is 85.5 Å². The van der Waals surface area contributed by atoms with Crippen LogP contribution in [0, 0.1) is 18.8 Å². The third kappa shape index (κ3) is 7.56. The highest BCUT2D eigenvalue weighted by atomic mass is 14.8. The van der Waals surface area contributed by atoms with Gasteiger partial charge in [-0.05, 0) is 172 Å². The van der Waals surface area contributed by atoms with Gasteiger partial charge in [0.1, 0.15) is 0 Å². The summed E-state index contributed by atoms with van der Waals surface area (Å²) in [6.45, 7) is 17.8. The Morgan fingerprint density at radius 1 is 0.879 bits per heavy atom. The number of benzene rings is 4. The fourth-order valence-corrected chi connectivity index (χ4v) is 10.0. The van der Waals surface area contributed by atoms with Crippen LogP contribution in [0.1, 0.15) is 94.5 Å². The summed E-state index contributed by atoms with van der Waals surface area (Å²) in [5, 5.41) is 3.65. The second-order valence-corrected chi connectivity index (χ2v) is 17.3. The van der Waals surface area contributed by atoms with Gasteiger partial charge in [0.15, 0.2) is 0 Å². The van der Waals surface area contributed by atoms with Crippen LogP contribution in [0.5, 0.6) is 0 Å². The van der Waals surface area contributed by atoms with Gasteiger partial charge < -0.3 is 5.32 Å². The monoisotopic (exact) mass is 757 g/mol. The predicted molar refractivity (Wildman–Crippen MR) is 252 cm³/mol. The maximum absolute atomic E-state index is 3.87. The molecule has 4 aliphatic carbocycles. The lowest BCUT2D eigenvalue weighted by molar-refractivity contribution is 0.587. The minimum atomic E-state index is 0.00335. The van der Waals surface area contributed by atoms with E-state index in [9.17, 15) is 0 Å². The molecule has 4 aliphatic rings. The molecule has 58 heavy (non-hydrogen) atoms. The zero-order chi connectivity index (χ0) is 40.4. The van der Waals surface area contributed by atoms with Gasteiger partial charge in [-0.2, -0.15) is 0 Å². The molecule has 2 unspecified atom stereocenters. The predicted octanol–water partition coefficient (Wildman–Crippen LogP) is 15.7. The molecule has 1 N–H and O–H groups in total. The van der Waals surface area contributed by atoms with E-state index in [0.717, 1.165) is 12.8 Å². The molecule has 2 atom stereocenters. The van der Waals surface area contributed by atoms with Crippen molar-refractivity contribution in [1.29, 1.82) is 0 Å². The second-order valence-electron chi connectivity index (χ2n) is 17.3. The molecule has 0 spiro atoms. The van der Waals surface area contributed by atoms with E-state index in [1.165, 1.54) is 87.0 Å². The number of rotatable bonds is 11. The summed E-state index contributed by atoms with van der Waals surface area (Å²) in [5.74, 6) is 0.835. The Balaban J connectivity index is 1.17. The standard InChI is InChI=1S/C57H59N/c1-8-10-16-38(3)21-22-42(44-25-23-43(24-26-44)41-17-12-11-13-18-41)27-28-47-36-48(35-40(5)56(47)58-33-9-2)45-29-30-51-53(37-45)57(6,7)52-32-31-50-49-20-15-14-19-46(49)34-39(4)54(50)55(51)52/h8-14,16-19,21-27,29-30,33,35-39,58H,1,15,20,28,31-32,34H2,2-7H3/b16-10-,22-21-,33-9+,42-27+. The molecular weight excluding hydrogens is 699 g/mol. The zero-order valence-electron chi connectivity index (χ0n) is 35.5. The van der Waals surface area contributed by atoms with Crippen molar-refractivity contribution in [2.75, 3.05) is 5.32 Å². The molecule has 0 bridgehead atoms. The normalized spacial score (nSPS) is 19.2. The molecule has 0 saturated heterocycles. The molecule has 0 amide bonds. The van der Waals surface area contributed by atoms with Crippen molar-refractivity contribution in [2.24, 2.45) is 11.8 Å². The van der Waals surface area contributed by atoms with Crippen LogP contribution in [0.3, 0.4) is 0 Å². The van der Waals surface area contributed by atoms with Gasteiger partial charge in [-0.1, -0.05) is 161 Å². The molecule has 0 radical (unpaired) electrons. The average Bonchev–Trinajstić information content (AvgIpc) is 3.48. The van der Waals surface area contributed by atoms with E-state index in [4.69, 9.17) is 0 Å². The first-order chi connectivity index (χ1) is 28.2. The third-order valence-corrected chi connectivity index (χ3v) is 13.0. The lowest BCUT2D eigenvalue weighted by Crippen LogP contribution is -2.22. The zero-order valence-corrected chi connectivity index (χ0v) is 35.5. The van der Waals surface area contributed by atoms with Crippen LogP contribution in [-0.4, -0.2) is 0 Å². The van der Waals surface area contributed by atoms with Crippen molar-refractivity contribution in [3.8, 4) is 22.3 Å². The van der Waals surface area contributed by atoms with Gasteiger partial charge >= 0.3 is 0 Å². The van der Waals surface area contributed by atoms with Gasteiger partial charge in [0.2, 0.25) is 0 Å². The van der Waals surface area contributed by atoms with Gasteiger partial charge in [0.05, 0.1) is 0 Å². The van der Waals surface area contributed by atoms with Crippen molar-refractivity contribution in [1.82, 2.24) is 0 Å². The first-order valence-electron chi connectivity index (χ1n) is 21.5. The number of hydrogen-bond acceptors (Lipinski definition) is 1. The van der Waals surface area contributed by atoms with Gasteiger partial charge in [0.25, 0.3) is 0 Å². The van der Waals surface area contributed by atoms with E-state index < -0.39 is 0 Å². The van der Waals surface area contributed by atoms with E-state index in [2.05, 4.69) is 187 Å². The van der Waals surface area contributed by atoms with Crippen LogP contribution in [0.4, 0.5) is 5.69 Å². The minimum Gasteiger partial charge on any atom is -0.362 e. The molecule has 1 heteroatoms. The molecule has 4 aromatic rings. The number of hydrogen-bond donors (Lipinski definition) is 1. The first-order valence-corrected chi connectivity index (χ1v) is 21.5. The maximum atomic E-state index is 3.87. The molecule has 0 aliphatic heterocycles. The van der Waals surface area contributed by atoms with E-state index >= 15 is 0 Å². The van der Waals surface area contributed by atoms with Crippen LogP contribution in [0.2, 0.25) is 0 Å². The van der Waals surface area contributed by atoms with Crippen molar-refractivity contribution in [3.63, 3.8) is 0 Å². The van der Waals surface area contributed by atoms with Crippen LogP contribution < -0.4 is 5.32 Å². The second kappa shape index (κ2) is 16.7. The number of nitrogens with one attached hydrogen (secondary N) is 1. The molecule has 1 nitrogen and oxygen atoms in total. The highest BCUT2D eigenvalue weighted by Crippen LogP contribution is 2.58. The Kier molecular flexibility index (Phi) is 11.3. The van der Waals surface area contributed by atoms with Crippen LogP contribution in [0.25, 0.3) is 33.4 Å². The van der Waals surface area contributed by atoms with E-state index in [1.807, 2.05) is 12.2 Å². The quantitative estimate of drug-likeness (QED) is 0.150. The molecule has 4 aromatic carbocycles. The molecule has 0 saturated carbocycles. The maximum Gasteiger partial charge on any atom is 0.0445 e. The van der Waals surface area contributed by atoms with Gasteiger partial charge in [-0.15, -0.1) is 0 Å². The average molecular weight is 758 g/mol. The third-order valence-electron chi connectivity index (χ3n) is 13.0. The minimum absolute atomic E-state index is 0.00335. The fraction of sp³-hybridized carbons (Fsp3) is 0.263. The summed E-state index contributed by atoms with van der Waals surface area (Å²) in [5.41, 5.74) is 24.0. The summed E-state index contributed by atoms with van der Waals surface area (Å²) in [6.07, 6.45) is 28.7. The molecule has 292 valence electrons. The Labute approximate surface area is 348 Å². The van der Waals surface area contributed by atoms with Crippen molar-refractivity contribution in [3.05, 3.63) is 208 Å². The fourth-order valence-electron chi connectivity index (χ4n) is 10.0. The summed E-state index contributed by atoms with van der Waals surface area (Å²) >= 11 is 0. The molecule has 0 fully saturated rings. The van der Waals surface area contributed by atoms with E-state index in [1.54, 1.807) is 33.4 Å². The van der Waals surface area contributed by atoms with E-state index in [0.29, 0.717) is 5.92 Å². The highest BCUT2D eigenvalue weighted by Gasteiger charge is 2.43. The highest BCUT2D eigenvalue weighted by molar-refractivity contribution is 5.94.